The quantitative estimate of drug-likeness (QED) is 0.559. The van der Waals surface area contributed by atoms with Crippen LogP contribution >= 0.6 is 0 Å². The predicted molar refractivity (Wildman–Crippen MR) is 80.4 cm³/mol. The Hall–Kier alpha value is -3.22. The Bertz CT molecular complexity index is 1050. The molecule has 3 heterocycles. The zero-order valence-corrected chi connectivity index (χ0v) is 11.7. The van der Waals surface area contributed by atoms with Crippen molar-refractivity contribution in [1.29, 1.82) is 0 Å². The summed E-state index contributed by atoms with van der Waals surface area (Å²) in [5, 5.41) is 4.56. The molecule has 0 radical (unpaired) electrons. The first-order chi connectivity index (χ1) is 10.8. The van der Waals surface area contributed by atoms with Crippen LogP contribution in [0.25, 0.3) is 22.4 Å². The van der Waals surface area contributed by atoms with E-state index in [1.807, 2.05) is 30.3 Å². The van der Waals surface area contributed by atoms with Crippen molar-refractivity contribution in [1.82, 2.24) is 24.1 Å². The van der Waals surface area contributed by atoms with Gasteiger partial charge in [0.25, 0.3) is 11.3 Å². The van der Waals surface area contributed by atoms with E-state index in [9.17, 15) is 4.79 Å². The minimum Gasteiger partial charge on any atom is -0.495 e. The second kappa shape index (κ2) is 4.66. The van der Waals surface area contributed by atoms with Crippen molar-refractivity contribution >= 4 is 16.7 Å². The number of pyridine rings is 1. The molecule has 0 spiro atoms. The number of aromatic nitrogens is 5. The molecular formula is C15H11N5O2. The Morgan fingerprint density at radius 1 is 1.14 bits per heavy atom. The topological polar surface area (TPSA) is 74.3 Å². The minimum absolute atomic E-state index is 0.188. The molecule has 4 aromatic rings. The van der Waals surface area contributed by atoms with Gasteiger partial charge in [0.1, 0.15) is 12.1 Å². The molecule has 1 aromatic carbocycles. The van der Waals surface area contributed by atoms with Crippen molar-refractivity contribution in [3.63, 3.8) is 0 Å². The molecule has 0 N–H and O–H groups in total. The number of benzene rings is 1. The van der Waals surface area contributed by atoms with Crippen molar-refractivity contribution in [3.05, 3.63) is 59.4 Å². The SMILES string of the molecule is COc1ccccc1-n1ccc2c(cnc3ncnn32)c1=O. The molecule has 0 aliphatic heterocycles. The summed E-state index contributed by atoms with van der Waals surface area (Å²) in [6.07, 6.45) is 4.63. The molecule has 0 amide bonds. The van der Waals surface area contributed by atoms with E-state index < -0.39 is 0 Å². The number of methoxy groups -OCH3 is 1. The van der Waals surface area contributed by atoms with E-state index in [2.05, 4.69) is 15.1 Å². The number of para-hydroxylation sites is 2. The second-order valence-electron chi connectivity index (χ2n) is 4.69. The summed E-state index contributed by atoms with van der Waals surface area (Å²) < 4.78 is 8.40. The molecule has 3 aromatic heterocycles. The first-order valence-corrected chi connectivity index (χ1v) is 6.63. The standard InChI is InChI=1S/C15H11N5O2/c1-22-13-5-3-2-4-12(13)19-7-6-11-10(14(19)21)8-16-15-17-9-18-20(11)15/h2-9H,1H3. The summed E-state index contributed by atoms with van der Waals surface area (Å²) in [6, 6.07) is 9.16. The molecule has 0 atom stereocenters. The van der Waals surface area contributed by atoms with Gasteiger partial charge < -0.3 is 4.74 Å². The summed E-state index contributed by atoms with van der Waals surface area (Å²) in [5.74, 6) is 1.08. The summed E-state index contributed by atoms with van der Waals surface area (Å²) in [4.78, 5) is 20.9. The molecular weight excluding hydrogens is 282 g/mol. The maximum absolute atomic E-state index is 12.8. The van der Waals surface area contributed by atoms with E-state index in [0.717, 1.165) is 0 Å². The second-order valence-corrected chi connectivity index (χ2v) is 4.69. The maximum atomic E-state index is 12.8. The van der Waals surface area contributed by atoms with Crippen molar-refractivity contribution in [2.75, 3.05) is 7.11 Å². The summed E-state index contributed by atoms with van der Waals surface area (Å²) in [7, 11) is 1.57. The van der Waals surface area contributed by atoms with Crippen molar-refractivity contribution < 1.29 is 4.74 Å². The highest BCUT2D eigenvalue weighted by Gasteiger charge is 2.11. The number of ether oxygens (including phenoxy) is 1. The minimum atomic E-state index is -0.188. The summed E-state index contributed by atoms with van der Waals surface area (Å²) in [5.41, 5.74) is 1.15. The van der Waals surface area contributed by atoms with E-state index in [1.54, 1.807) is 17.8 Å². The number of nitrogens with zero attached hydrogens (tertiary/aromatic N) is 5. The summed E-state index contributed by atoms with van der Waals surface area (Å²) in [6.45, 7) is 0. The van der Waals surface area contributed by atoms with E-state index in [1.165, 1.54) is 17.1 Å². The lowest BCUT2D eigenvalue weighted by molar-refractivity contribution is 0.412. The van der Waals surface area contributed by atoms with E-state index >= 15 is 0 Å². The zero-order chi connectivity index (χ0) is 15.1. The average molecular weight is 293 g/mol. The highest BCUT2D eigenvalue weighted by Crippen LogP contribution is 2.21. The number of hydrogen-bond donors (Lipinski definition) is 0. The number of hydrogen-bond acceptors (Lipinski definition) is 5. The lowest BCUT2D eigenvalue weighted by atomic mass is 10.2. The van der Waals surface area contributed by atoms with E-state index in [0.29, 0.717) is 28.1 Å². The Morgan fingerprint density at radius 2 is 2.00 bits per heavy atom. The normalized spacial score (nSPS) is 11.1. The third-order valence-electron chi connectivity index (χ3n) is 3.52. The molecule has 4 rings (SSSR count). The van der Waals surface area contributed by atoms with Crippen LogP contribution in [0.2, 0.25) is 0 Å². The van der Waals surface area contributed by atoms with Gasteiger partial charge >= 0.3 is 0 Å². The lowest BCUT2D eigenvalue weighted by Gasteiger charge is -2.11. The third-order valence-corrected chi connectivity index (χ3v) is 3.52. The van der Waals surface area contributed by atoms with Crippen LogP contribution in [0.5, 0.6) is 5.75 Å². The Labute approximate surface area is 124 Å². The van der Waals surface area contributed by atoms with Gasteiger partial charge in [0.05, 0.1) is 23.7 Å². The monoisotopic (exact) mass is 293 g/mol. The van der Waals surface area contributed by atoms with E-state index in [-0.39, 0.29) is 5.56 Å². The van der Waals surface area contributed by atoms with Crippen LogP contribution in [0.3, 0.4) is 0 Å². The smallest absolute Gasteiger partial charge is 0.266 e. The molecule has 0 aliphatic rings. The van der Waals surface area contributed by atoms with Gasteiger partial charge in [-0.15, -0.1) is 0 Å². The molecule has 0 fully saturated rings. The van der Waals surface area contributed by atoms with Gasteiger partial charge in [-0.3, -0.25) is 9.36 Å². The molecule has 0 bridgehead atoms. The lowest BCUT2D eigenvalue weighted by Crippen LogP contribution is -2.19. The first-order valence-electron chi connectivity index (χ1n) is 6.63. The van der Waals surface area contributed by atoms with Gasteiger partial charge in [-0.1, -0.05) is 12.1 Å². The number of rotatable bonds is 2. The Kier molecular flexibility index (Phi) is 2.65. The van der Waals surface area contributed by atoms with Crippen LogP contribution in [-0.2, 0) is 0 Å². The molecule has 0 saturated carbocycles. The van der Waals surface area contributed by atoms with E-state index in [4.69, 9.17) is 4.74 Å². The van der Waals surface area contributed by atoms with Crippen LogP contribution in [0.15, 0.2) is 53.8 Å². The molecule has 0 aliphatic carbocycles. The fraction of sp³-hybridized carbons (Fsp3) is 0.0667. The van der Waals surface area contributed by atoms with Gasteiger partial charge in [0.15, 0.2) is 0 Å². The zero-order valence-electron chi connectivity index (χ0n) is 11.7. The van der Waals surface area contributed by atoms with Crippen LogP contribution in [0.4, 0.5) is 0 Å². The van der Waals surface area contributed by atoms with Gasteiger partial charge in [-0.25, -0.2) is 4.98 Å². The van der Waals surface area contributed by atoms with Gasteiger partial charge in [0, 0.05) is 12.4 Å². The van der Waals surface area contributed by atoms with Gasteiger partial charge in [-0.05, 0) is 18.2 Å². The molecule has 7 nitrogen and oxygen atoms in total. The molecule has 0 saturated heterocycles. The van der Waals surface area contributed by atoms with Crippen LogP contribution in [0, 0.1) is 0 Å². The summed E-state index contributed by atoms with van der Waals surface area (Å²) >= 11 is 0. The first kappa shape index (κ1) is 12.5. The fourth-order valence-electron chi connectivity index (χ4n) is 2.48. The largest absolute Gasteiger partial charge is 0.495 e. The van der Waals surface area contributed by atoms with Crippen molar-refractivity contribution in [2.24, 2.45) is 0 Å². The molecule has 7 heteroatoms. The van der Waals surface area contributed by atoms with Crippen molar-refractivity contribution in [2.45, 2.75) is 0 Å². The van der Waals surface area contributed by atoms with Crippen LogP contribution < -0.4 is 10.3 Å². The molecule has 0 unspecified atom stereocenters. The fourth-order valence-corrected chi connectivity index (χ4v) is 2.48. The Balaban J connectivity index is 2.06. The van der Waals surface area contributed by atoms with Crippen LogP contribution in [-0.4, -0.2) is 31.3 Å². The van der Waals surface area contributed by atoms with Gasteiger partial charge in [0.2, 0.25) is 0 Å². The average Bonchev–Trinajstić information content (AvgIpc) is 3.04. The highest BCUT2D eigenvalue weighted by atomic mass is 16.5. The van der Waals surface area contributed by atoms with Crippen LogP contribution in [0.1, 0.15) is 0 Å². The third kappa shape index (κ3) is 1.69. The Morgan fingerprint density at radius 3 is 2.86 bits per heavy atom. The highest BCUT2D eigenvalue weighted by molar-refractivity contribution is 5.79. The molecule has 108 valence electrons. The number of fused-ring (bicyclic) bond motifs is 3. The van der Waals surface area contributed by atoms with Gasteiger partial charge in [-0.2, -0.15) is 14.6 Å². The predicted octanol–water partition coefficient (Wildman–Crippen LogP) is 1.44. The maximum Gasteiger partial charge on any atom is 0.266 e. The van der Waals surface area contributed by atoms with Crippen molar-refractivity contribution in [3.8, 4) is 11.4 Å². The molecule has 22 heavy (non-hydrogen) atoms.